The highest BCUT2D eigenvalue weighted by Crippen LogP contribution is 2.29. The summed E-state index contributed by atoms with van der Waals surface area (Å²) < 4.78 is 4.07. The molecule has 0 atom stereocenters. The largest absolute Gasteiger partial charge is 0.244 e. The van der Waals surface area contributed by atoms with E-state index in [0.29, 0.717) is 0 Å². The quantitative estimate of drug-likeness (QED) is 0.420. The monoisotopic (exact) mass is 375 g/mol. The van der Waals surface area contributed by atoms with Crippen LogP contribution in [0.1, 0.15) is 0 Å². The van der Waals surface area contributed by atoms with Crippen molar-refractivity contribution in [3.8, 4) is 33.6 Å². The Kier molecular flexibility index (Phi) is 4.43. The lowest BCUT2D eigenvalue weighted by molar-refractivity contribution is -0.707. The molecule has 0 fully saturated rings. The van der Waals surface area contributed by atoms with Crippen molar-refractivity contribution in [2.75, 3.05) is 0 Å². The molecule has 0 aliphatic carbocycles. The first-order chi connectivity index (χ1) is 14.4. The Balaban J connectivity index is 1.87. The van der Waals surface area contributed by atoms with Gasteiger partial charge in [-0.2, -0.15) is 0 Å². The molecule has 0 amide bonds. The van der Waals surface area contributed by atoms with Crippen LogP contribution in [0, 0.1) is 0 Å². The number of hydrogen-bond donors (Lipinski definition) is 0. The molecule has 0 saturated carbocycles. The number of aromatic nitrogens is 4. The highest BCUT2D eigenvalue weighted by Gasteiger charge is 2.25. The number of hydrogen-bond acceptors (Lipinski definition) is 2. The minimum atomic E-state index is 1.06. The summed E-state index contributed by atoms with van der Waals surface area (Å²) in [5.74, 6) is 0. The van der Waals surface area contributed by atoms with Gasteiger partial charge in [0.2, 0.25) is 11.4 Å². The van der Waals surface area contributed by atoms with Gasteiger partial charge in [0.05, 0.1) is 0 Å². The molecule has 4 heteroatoms. The molecule has 29 heavy (non-hydrogen) atoms. The molecule has 0 aliphatic rings. The topological polar surface area (TPSA) is 34.6 Å². The first kappa shape index (κ1) is 17.1. The molecule has 2 aromatic heterocycles. The smallest absolute Gasteiger partial charge is 0.133 e. The van der Waals surface area contributed by atoms with Crippen LogP contribution in [-0.2, 0) is 0 Å². The molecule has 4 nitrogen and oxygen atoms in total. The first-order valence-corrected chi connectivity index (χ1v) is 9.52. The summed E-state index contributed by atoms with van der Waals surface area (Å²) in [7, 11) is 0. The Bertz CT molecular complexity index is 1160. The Labute approximate surface area is 169 Å². The van der Waals surface area contributed by atoms with Gasteiger partial charge in [-0.15, -0.1) is 10.2 Å². The Morgan fingerprint density at radius 2 is 0.897 bits per heavy atom. The van der Waals surface area contributed by atoms with E-state index in [9.17, 15) is 0 Å². The predicted molar refractivity (Wildman–Crippen MR) is 114 cm³/mol. The Morgan fingerprint density at radius 1 is 0.483 bits per heavy atom. The molecule has 0 unspecified atom stereocenters. The second-order valence-corrected chi connectivity index (χ2v) is 6.77. The molecule has 5 rings (SSSR count). The predicted octanol–water partition coefficient (Wildman–Crippen LogP) is 4.88. The molecule has 0 radical (unpaired) electrons. The van der Waals surface area contributed by atoms with E-state index in [2.05, 4.69) is 99.8 Å². The van der Waals surface area contributed by atoms with Crippen molar-refractivity contribution >= 4 is 0 Å². The van der Waals surface area contributed by atoms with E-state index in [1.165, 1.54) is 5.56 Å². The normalized spacial score (nSPS) is 10.8. The van der Waals surface area contributed by atoms with Gasteiger partial charge in [-0.05, 0) is 35.4 Å². The molecule has 138 valence electrons. The van der Waals surface area contributed by atoms with E-state index in [0.717, 1.165) is 28.1 Å². The standard InChI is InChI=1S/C25H19N4/c1-4-10-20(11-5-1)23-16-24(21-12-6-2-7-13-21)29(28-18-26-27-19-28)25(17-23)22-14-8-3-9-15-22/h1-19H/q+1. The molecule has 2 heterocycles. The van der Waals surface area contributed by atoms with Gasteiger partial charge in [-0.1, -0.05) is 76.1 Å². The molecule has 0 bridgehead atoms. The van der Waals surface area contributed by atoms with Crippen LogP contribution in [0.3, 0.4) is 0 Å². The van der Waals surface area contributed by atoms with Crippen LogP contribution in [0.5, 0.6) is 0 Å². The van der Waals surface area contributed by atoms with E-state index in [-0.39, 0.29) is 0 Å². The number of rotatable bonds is 4. The SMILES string of the molecule is c1ccc(-c2cc(-c3ccccc3)[n+](-n3cnnc3)c(-c3ccccc3)c2)cc1. The minimum absolute atomic E-state index is 1.06. The molecule has 0 aliphatic heterocycles. The zero-order valence-corrected chi connectivity index (χ0v) is 15.8. The molecule has 0 spiro atoms. The van der Waals surface area contributed by atoms with Crippen LogP contribution >= 0.6 is 0 Å². The molecule has 3 aromatic carbocycles. The lowest BCUT2D eigenvalue weighted by Gasteiger charge is -2.11. The maximum atomic E-state index is 4.04. The molecular formula is C25H19N4+. The van der Waals surface area contributed by atoms with E-state index < -0.39 is 0 Å². The van der Waals surface area contributed by atoms with Gasteiger partial charge in [0.15, 0.2) is 12.7 Å². The van der Waals surface area contributed by atoms with Gasteiger partial charge in [0, 0.05) is 23.3 Å². The number of nitrogens with zero attached hydrogens (tertiary/aromatic N) is 4. The summed E-state index contributed by atoms with van der Waals surface area (Å²) >= 11 is 0. The van der Waals surface area contributed by atoms with Gasteiger partial charge >= 0.3 is 0 Å². The summed E-state index contributed by atoms with van der Waals surface area (Å²) in [4.78, 5) is 0. The van der Waals surface area contributed by atoms with Crippen LogP contribution < -0.4 is 4.68 Å². The summed E-state index contributed by atoms with van der Waals surface area (Å²) in [6.45, 7) is 0. The second kappa shape index (κ2) is 7.52. The van der Waals surface area contributed by atoms with Crippen molar-refractivity contribution in [2.24, 2.45) is 0 Å². The van der Waals surface area contributed by atoms with Crippen molar-refractivity contribution in [1.29, 1.82) is 0 Å². The first-order valence-electron chi connectivity index (χ1n) is 9.52. The highest BCUT2D eigenvalue weighted by atomic mass is 15.5. The van der Waals surface area contributed by atoms with Gasteiger partial charge < -0.3 is 0 Å². The van der Waals surface area contributed by atoms with Crippen molar-refractivity contribution in [3.05, 3.63) is 116 Å². The van der Waals surface area contributed by atoms with Crippen molar-refractivity contribution in [1.82, 2.24) is 14.9 Å². The van der Waals surface area contributed by atoms with Gasteiger partial charge in [-0.25, -0.2) is 0 Å². The van der Waals surface area contributed by atoms with Crippen molar-refractivity contribution < 1.29 is 4.68 Å². The summed E-state index contributed by atoms with van der Waals surface area (Å²) in [5.41, 5.74) is 6.70. The zero-order valence-electron chi connectivity index (χ0n) is 15.8. The van der Waals surface area contributed by atoms with Crippen LogP contribution in [0.2, 0.25) is 0 Å². The van der Waals surface area contributed by atoms with Crippen molar-refractivity contribution in [3.63, 3.8) is 0 Å². The number of benzene rings is 3. The highest BCUT2D eigenvalue weighted by molar-refractivity contribution is 5.73. The third-order valence-electron chi connectivity index (χ3n) is 4.92. The van der Waals surface area contributed by atoms with Gasteiger partial charge in [0.25, 0.3) is 0 Å². The Morgan fingerprint density at radius 3 is 1.34 bits per heavy atom. The summed E-state index contributed by atoms with van der Waals surface area (Å²) in [6, 6.07) is 35.7. The van der Waals surface area contributed by atoms with Crippen LogP contribution in [0.15, 0.2) is 116 Å². The third kappa shape index (κ3) is 3.32. The molecule has 0 N–H and O–H groups in total. The van der Waals surface area contributed by atoms with Crippen molar-refractivity contribution in [2.45, 2.75) is 0 Å². The fraction of sp³-hybridized carbons (Fsp3) is 0. The van der Waals surface area contributed by atoms with Gasteiger partial charge in [0.1, 0.15) is 0 Å². The number of pyridine rings is 1. The van der Waals surface area contributed by atoms with E-state index in [1.807, 2.05) is 22.9 Å². The maximum absolute atomic E-state index is 4.04. The maximum Gasteiger partial charge on any atom is 0.244 e. The molecule has 0 saturated heterocycles. The Hall–Kier alpha value is -4.05. The van der Waals surface area contributed by atoms with Crippen LogP contribution in [0.4, 0.5) is 0 Å². The third-order valence-corrected chi connectivity index (χ3v) is 4.92. The van der Waals surface area contributed by atoms with Crippen LogP contribution in [-0.4, -0.2) is 14.9 Å². The van der Waals surface area contributed by atoms with E-state index in [4.69, 9.17) is 0 Å². The minimum Gasteiger partial charge on any atom is -0.133 e. The second-order valence-electron chi connectivity index (χ2n) is 6.77. The lowest BCUT2D eigenvalue weighted by atomic mass is 10.00. The van der Waals surface area contributed by atoms with E-state index >= 15 is 0 Å². The molecule has 5 aromatic rings. The summed E-state index contributed by atoms with van der Waals surface area (Å²) in [6.07, 6.45) is 3.45. The zero-order chi connectivity index (χ0) is 19.5. The van der Waals surface area contributed by atoms with Crippen LogP contribution in [0.25, 0.3) is 33.6 Å². The fourth-order valence-electron chi connectivity index (χ4n) is 3.56. The fourth-order valence-corrected chi connectivity index (χ4v) is 3.56. The molecular weight excluding hydrogens is 356 g/mol. The van der Waals surface area contributed by atoms with E-state index in [1.54, 1.807) is 12.7 Å². The summed E-state index contributed by atoms with van der Waals surface area (Å²) in [5, 5.41) is 8.08. The lowest BCUT2D eigenvalue weighted by Crippen LogP contribution is -2.45. The van der Waals surface area contributed by atoms with Gasteiger partial charge in [-0.3, -0.25) is 0 Å². The average Bonchev–Trinajstić information content (AvgIpc) is 3.34. The average molecular weight is 375 g/mol.